The van der Waals surface area contributed by atoms with Gasteiger partial charge in [-0.2, -0.15) is 0 Å². The van der Waals surface area contributed by atoms with E-state index in [0.29, 0.717) is 0 Å². The number of carboxylic acid groups (broad SMARTS) is 2. The van der Waals surface area contributed by atoms with Crippen molar-refractivity contribution in [2.75, 3.05) is 0 Å². The summed E-state index contributed by atoms with van der Waals surface area (Å²) in [7, 11) is -5.17. The second kappa shape index (κ2) is 6.04. The molecule has 0 saturated carbocycles. The van der Waals surface area contributed by atoms with Gasteiger partial charge >= 0.3 is 63.3 Å². The van der Waals surface area contributed by atoms with Gasteiger partial charge in [0, 0.05) is 0 Å². The summed E-state index contributed by atoms with van der Waals surface area (Å²) < 4.78 is 32.4. The predicted octanol–water partition coefficient (Wildman–Crippen LogP) is -3.01. The van der Waals surface area contributed by atoms with E-state index < -0.39 is 38.1 Å². The van der Waals surface area contributed by atoms with Crippen molar-refractivity contribution < 1.29 is 84.2 Å². The van der Waals surface area contributed by atoms with E-state index in [1.54, 1.807) is 0 Å². The van der Waals surface area contributed by atoms with Gasteiger partial charge in [0.25, 0.3) is 0 Å². The van der Waals surface area contributed by atoms with Crippen LogP contribution in [-0.4, -0.2) is 35.1 Å². The quantitative estimate of drug-likeness (QED) is 0.446. The fourth-order valence-corrected chi connectivity index (χ4v) is 1.99. The first-order chi connectivity index (χ1) is 7.25. The van der Waals surface area contributed by atoms with Gasteiger partial charge < -0.3 is 14.8 Å². The third-order valence-electron chi connectivity index (χ3n) is 1.73. The van der Waals surface area contributed by atoms with Crippen molar-refractivity contribution >= 4 is 22.1 Å². The third-order valence-corrected chi connectivity index (χ3v) is 2.67. The molecular weight excluding hydrogens is 279 g/mol. The van der Waals surface area contributed by atoms with Crippen LogP contribution in [0.4, 0.5) is 0 Å². The normalized spacial score (nSPS) is 10.4. The summed E-state index contributed by atoms with van der Waals surface area (Å²) in [5.41, 5.74) is -1.70. The summed E-state index contributed by atoms with van der Waals surface area (Å²) in [6.45, 7) is 0. The van der Waals surface area contributed by atoms with E-state index in [2.05, 4.69) is 0 Å². The third kappa shape index (κ3) is 3.84. The summed E-state index contributed by atoms with van der Waals surface area (Å²) in [6.07, 6.45) is 0. The van der Waals surface area contributed by atoms with Gasteiger partial charge in [-0.15, -0.1) is 0 Å². The number of rotatable bonds is 3. The Morgan fingerprint density at radius 1 is 1.06 bits per heavy atom. The molecule has 0 fully saturated rings. The van der Waals surface area contributed by atoms with Gasteiger partial charge in [0.1, 0.15) is 10.1 Å². The number of carbonyl (C=O) groups is 2. The van der Waals surface area contributed by atoms with Crippen molar-refractivity contribution in [2.45, 2.75) is 4.90 Å². The summed E-state index contributed by atoms with van der Waals surface area (Å²) in [5.74, 6) is -3.37. The molecule has 0 heterocycles. The van der Waals surface area contributed by atoms with E-state index in [1.165, 1.54) is 0 Å². The number of aromatic carboxylic acids is 2. The van der Waals surface area contributed by atoms with Crippen LogP contribution in [0.25, 0.3) is 0 Å². The summed E-state index contributed by atoms with van der Waals surface area (Å²) in [6, 6.07) is 2.74. The van der Waals surface area contributed by atoms with Crippen LogP contribution in [0.15, 0.2) is 23.1 Å². The molecule has 0 spiro atoms. The van der Waals surface area contributed by atoms with E-state index in [1.807, 2.05) is 0 Å². The number of benzene rings is 1. The van der Waals surface area contributed by atoms with E-state index >= 15 is 0 Å². The molecule has 0 bridgehead atoms. The fourth-order valence-electron chi connectivity index (χ4n) is 1.14. The van der Waals surface area contributed by atoms with E-state index in [4.69, 9.17) is 10.2 Å². The van der Waals surface area contributed by atoms with Gasteiger partial charge in [-0.05, 0) is 12.1 Å². The van der Waals surface area contributed by atoms with E-state index in [0.717, 1.165) is 18.2 Å². The zero-order chi connectivity index (χ0) is 12.5. The second-order valence-corrected chi connectivity index (χ2v) is 4.06. The van der Waals surface area contributed by atoms with Crippen LogP contribution in [0.2, 0.25) is 0 Å². The van der Waals surface area contributed by atoms with Crippen LogP contribution in [-0.2, 0) is 10.1 Å². The first kappa shape index (κ1) is 16.7. The van der Waals surface area contributed by atoms with Crippen molar-refractivity contribution in [1.29, 1.82) is 0 Å². The number of hydrogen-bond acceptors (Lipinski definition) is 5. The molecule has 2 N–H and O–H groups in total. The molecule has 1 rings (SSSR count). The van der Waals surface area contributed by atoms with Gasteiger partial charge in [-0.1, -0.05) is 6.07 Å². The van der Waals surface area contributed by atoms with Crippen LogP contribution in [0.5, 0.6) is 0 Å². The molecule has 9 heteroatoms. The van der Waals surface area contributed by atoms with Crippen molar-refractivity contribution in [1.82, 2.24) is 0 Å². The molecule has 0 aliphatic rings. The van der Waals surface area contributed by atoms with Crippen molar-refractivity contribution in [2.24, 2.45) is 0 Å². The molecule has 0 saturated heterocycles. The van der Waals surface area contributed by atoms with Crippen molar-refractivity contribution in [3.8, 4) is 0 Å². The van der Waals surface area contributed by atoms with Gasteiger partial charge in [0.15, 0.2) is 0 Å². The molecule has 0 radical (unpaired) electrons. The molecule has 0 aliphatic carbocycles. The van der Waals surface area contributed by atoms with Crippen LogP contribution in [0, 0.1) is 0 Å². The molecule has 0 amide bonds. The minimum atomic E-state index is -5.17. The largest absolute Gasteiger partial charge is 1.00 e. The SMILES string of the molecule is O=C(O)c1cccc(C(=O)O)c1S(=O)(=O)[O-].[K+]. The average molecular weight is 284 g/mol. The maximum atomic E-state index is 10.8. The Balaban J connectivity index is 0.00000256. The maximum Gasteiger partial charge on any atom is 1.00 e. The van der Waals surface area contributed by atoms with Gasteiger partial charge in [0.05, 0.1) is 16.0 Å². The molecule has 1 aromatic rings. The molecule has 0 unspecified atom stereocenters. The first-order valence-corrected chi connectivity index (χ1v) is 5.21. The Morgan fingerprint density at radius 3 is 1.65 bits per heavy atom. The Morgan fingerprint density at radius 2 is 1.41 bits per heavy atom. The zero-order valence-corrected chi connectivity index (χ0v) is 12.5. The first-order valence-electron chi connectivity index (χ1n) is 3.80. The molecule has 7 nitrogen and oxygen atoms in total. The van der Waals surface area contributed by atoms with Crippen LogP contribution in [0.3, 0.4) is 0 Å². The van der Waals surface area contributed by atoms with E-state index in [9.17, 15) is 22.6 Å². The molecule has 0 aliphatic heterocycles. The van der Waals surface area contributed by atoms with Crippen LogP contribution >= 0.6 is 0 Å². The number of hydrogen-bond donors (Lipinski definition) is 2. The van der Waals surface area contributed by atoms with Crippen molar-refractivity contribution in [3.05, 3.63) is 29.3 Å². The molecule has 86 valence electrons. The van der Waals surface area contributed by atoms with Gasteiger partial charge in [-0.3, -0.25) is 0 Å². The Bertz CT molecular complexity index is 531. The molecule has 1 aromatic carbocycles. The summed E-state index contributed by atoms with van der Waals surface area (Å²) >= 11 is 0. The smallest absolute Gasteiger partial charge is 0.744 e. The number of carboxylic acids is 2. The topological polar surface area (TPSA) is 132 Å². The van der Waals surface area contributed by atoms with Gasteiger partial charge in [-0.25, -0.2) is 18.0 Å². The van der Waals surface area contributed by atoms with E-state index in [-0.39, 0.29) is 51.4 Å². The minimum absolute atomic E-state index is 0. The Labute approximate surface area is 139 Å². The molecule has 0 aromatic heterocycles. The second-order valence-electron chi connectivity index (χ2n) is 2.75. The standard InChI is InChI=1S/C8H6O7S.K/c9-7(10)4-2-1-3-5(8(11)12)6(4)16(13,14)15;/h1-3H,(H,9,10)(H,11,12)(H,13,14,15);/q;+1/p-1. The molecule has 17 heavy (non-hydrogen) atoms. The maximum absolute atomic E-state index is 10.8. The monoisotopic (exact) mass is 284 g/mol. The van der Waals surface area contributed by atoms with Crippen LogP contribution < -0.4 is 51.4 Å². The fraction of sp³-hybridized carbons (Fsp3) is 0. The Hall–Kier alpha value is -0.294. The summed E-state index contributed by atoms with van der Waals surface area (Å²) in [5, 5.41) is 17.3. The predicted molar refractivity (Wildman–Crippen MR) is 48.3 cm³/mol. The summed E-state index contributed by atoms with van der Waals surface area (Å²) in [4.78, 5) is 20.1. The molecule has 0 atom stereocenters. The average Bonchev–Trinajstić information content (AvgIpc) is 2.15. The van der Waals surface area contributed by atoms with Crippen LogP contribution in [0.1, 0.15) is 20.7 Å². The zero-order valence-electron chi connectivity index (χ0n) is 8.58. The van der Waals surface area contributed by atoms with Crippen molar-refractivity contribution in [3.63, 3.8) is 0 Å². The Kier molecular flexibility index (Phi) is 5.94. The minimum Gasteiger partial charge on any atom is -0.744 e. The molecular formula is C8H5KO7S. The van der Waals surface area contributed by atoms with Gasteiger partial charge in [0.2, 0.25) is 0 Å².